The minimum absolute atomic E-state index is 0.0341. The first kappa shape index (κ1) is 23.4. The molecule has 7 nitrogen and oxygen atoms in total. The van der Waals surface area contributed by atoms with E-state index in [0.717, 1.165) is 54.0 Å². The van der Waals surface area contributed by atoms with E-state index in [4.69, 9.17) is 4.74 Å². The zero-order valence-electron chi connectivity index (χ0n) is 19.6. The van der Waals surface area contributed by atoms with E-state index in [1.54, 1.807) is 16.7 Å². The first-order valence-corrected chi connectivity index (χ1v) is 12.6. The van der Waals surface area contributed by atoms with Crippen LogP contribution < -0.4 is 15.5 Å². The molecule has 0 aliphatic carbocycles. The molecule has 35 heavy (non-hydrogen) atoms. The van der Waals surface area contributed by atoms with Crippen molar-refractivity contribution in [2.45, 2.75) is 23.3 Å². The molecule has 2 heterocycles. The second-order valence-corrected chi connectivity index (χ2v) is 9.58. The normalized spacial score (nSPS) is 15.7. The molecule has 0 bridgehead atoms. The Morgan fingerprint density at radius 3 is 2.43 bits per heavy atom. The molecule has 3 aromatic rings. The van der Waals surface area contributed by atoms with Crippen molar-refractivity contribution in [3.63, 3.8) is 0 Å². The summed E-state index contributed by atoms with van der Waals surface area (Å²) in [6, 6.07) is 20.9. The van der Waals surface area contributed by atoms with Crippen molar-refractivity contribution in [1.29, 1.82) is 0 Å². The van der Waals surface area contributed by atoms with Crippen LogP contribution in [0.5, 0.6) is 0 Å². The fourth-order valence-electron chi connectivity index (χ4n) is 4.32. The Kier molecular flexibility index (Phi) is 7.03. The van der Waals surface area contributed by atoms with Crippen molar-refractivity contribution >= 4 is 40.8 Å². The van der Waals surface area contributed by atoms with E-state index >= 15 is 0 Å². The number of rotatable bonds is 5. The number of fused-ring (bicyclic) bond motifs is 2. The van der Waals surface area contributed by atoms with Gasteiger partial charge in [-0.25, -0.2) is 4.79 Å². The zero-order chi connectivity index (χ0) is 24.2. The van der Waals surface area contributed by atoms with Crippen LogP contribution >= 0.6 is 11.8 Å². The molecule has 2 aliphatic rings. The maximum absolute atomic E-state index is 13.2. The van der Waals surface area contributed by atoms with Crippen LogP contribution in [-0.4, -0.2) is 49.7 Å². The summed E-state index contributed by atoms with van der Waals surface area (Å²) in [6.07, 6.45) is 0. The molecule has 0 saturated carbocycles. The first-order valence-electron chi connectivity index (χ1n) is 11.8. The molecule has 8 heteroatoms. The van der Waals surface area contributed by atoms with Crippen LogP contribution in [0.15, 0.2) is 76.5 Å². The van der Waals surface area contributed by atoms with Gasteiger partial charge in [-0.05, 0) is 55.0 Å². The molecule has 1 saturated heterocycles. The first-order chi connectivity index (χ1) is 17.1. The Balaban J connectivity index is 1.26. The summed E-state index contributed by atoms with van der Waals surface area (Å²) < 4.78 is 5.40. The number of amides is 3. The van der Waals surface area contributed by atoms with Crippen LogP contribution in [-0.2, 0) is 11.3 Å². The molecule has 2 N–H and O–H groups in total. The molecule has 0 radical (unpaired) electrons. The monoisotopic (exact) mass is 488 g/mol. The van der Waals surface area contributed by atoms with Crippen molar-refractivity contribution in [2.75, 3.05) is 48.4 Å². The van der Waals surface area contributed by atoms with E-state index in [1.807, 2.05) is 73.7 Å². The third-order valence-corrected chi connectivity index (χ3v) is 7.27. The third kappa shape index (κ3) is 5.35. The highest BCUT2D eigenvalue weighted by Gasteiger charge is 2.26. The summed E-state index contributed by atoms with van der Waals surface area (Å²) in [5.41, 5.74) is 4.04. The highest BCUT2D eigenvalue weighted by molar-refractivity contribution is 7.99. The Morgan fingerprint density at radius 1 is 0.943 bits per heavy atom. The Hall–Kier alpha value is -3.33. The average molecular weight is 489 g/mol. The highest BCUT2D eigenvalue weighted by Crippen LogP contribution is 2.42. The van der Waals surface area contributed by atoms with Crippen molar-refractivity contribution in [2.24, 2.45) is 0 Å². The number of hydrogen-bond donors (Lipinski definition) is 2. The molecule has 5 rings (SSSR count). The van der Waals surface area contributed by atoms with Gasteiger partial charge < -0.3 is 20.3 Å². The summed E-state index contributed by atoms with van der Waals surface area (Å²) in [6.45, 7) is 6.79. The highest BCUT2D eigenvalue weighted by atomic mass is 32.2. The van der Waals surface area contributed by atoms with Crippen molar-refractivity contribution in [3.05, 3.63) is 77.9 Å². The van der Waals surface area contributed by atoms with E-state index in [1.165, 1.54) is 5.56 Å². The predicted octanol–water partition coefficient (Wildman–Crippen LogP) is 5.29. The van der Waals surface area contributed by atoms with Gasteiger partial charge in [0.2, 0.25) is 0 Å². The Labute approximate surface area is 209 Å². The molecule has 3 aromatic carbocycles. The molecular weight excluding hydrogens is 460 g/mol. The number of morpholine rings is 1. The van der Waals surface area contributed by atoms with Gasteiger partial charge in [0.15, 0.2) is 0 Å². The number of carbonyl (C=O) groups excluding carboxylic acids is 2. The van der Waals surface area contributed by atoms with Crippen LogP contribution in [0.25, 0.3) is 0 Å². The lowest BCUT2D eigenvalue weighted by Crippen LogP contribution is -2.35. The number of anilines is 3. The molecule has 3 amide bonds. The van der Waals surface area contributed by atoms with E-state index in [0.29, 0.717) is 17.8 Å². The molecule has 180 valence electrons. The number of urea groups is 1. The molecule has 0 spiro atoms. The quantitative estimate of drug-likeness (QED) is 0.510. The summed E-state index contributed by atoms with van der Waals surface area (Å²) in [5.74, 6) is -0.0341. The van der Waals surface area contributed by atoms with Crippen LogP contribution in [0.1, 0.15) is 22.8 Å². The van der Waals surface area contributed by atoms with Crippen LogP contribution in [0.2, 0.25) is 0 Å². The fraction of sp³-hybridized carbons (Fsp3) is 0.259. The fourth-order valence-corrected chi connectivity index (χ4v) is 5.37. The third-order valence-electron chi connectivity index (χ3n) is 6.13. The minimum atomic E-state index is -0.329. The SMILES string of the molecule is CCN1C(=O)c2ccccc2Sc2ccc(NC(=O)Nc3ccc(CN4CCOCC4)cc3)cc21. The maximum Gasteiger partial charge on any atom is 0.323 e. The van der Waals surface area contributed by atoms with E-state index in [9.17, 15) is 9.59 Å². The van der Waals surface area contributed by atoms with Crippen molar-refractivity contribution < 1.29 is 14.3 Å². The number of benzene rings is 3. The Bertz CT molecular complexity index is 1230. The molecule has 2 aliphatic heterocycles. The van der Waals surface area contributed by atoms with Crippen LogP contribution in [0.3, 0.4) is 0 Å². The van der Waals surface area contributed by atoms with Crippen molar-refractivity contribution in [3.8, 4) is 0 Å². The van der Waals surface area contributed by atoms with Gasteiger partial charge in [0.05, 0.1) is 24.5 Å². The van der Waals surface area contributed by atoms with Crippen LogP contribution in [0.4, 0.5) is 21.9 Å². The van der Waals surface area contributed by atoms with Crippen LogP contribution in [0, 0.1) is 0 Å². The average Bonchev–Trinajstić information content (AvgIpc) is 2.99. The summed E-state index contributed by atoms with van der Waals surface area (Å²) >= 11 is 1.57. The molecule has 1 fully saturated rings. The smallest absolute Gasteiger partial charge is 0.323 e. The Morgan fingerprint density at radius 2 is 1.66 bits per heavy atom. The summed E-state index contributed by atoms with van der Waals surface area (Å²) in [4.78, 5) is 31.9. The lowest BCUT2D eigenvalue weighted by molar-refractivity contribution is 0.0342. The lowest BCUT2D eigenvalue weighted by atomic mass is 10.1. The van der Waals surface area contributed by atoms with Gasteiger partial charge in [-0.2, -0.15) is 0 Å². The van der Waals surface area contributed by atoms with E-state index < -0.39 is 0 Å². The molecular formula is C27H28N4O3S. The van der Waals surface area contributed by atoms with Gasteiger partial charge >= 0.3 is 6.03 Å². The van der Waals surface area contributed by atoms with Crippen molar-refractivity contribution in [1.82, 2.24) is 4.90 Å². The van der Waals surface area contributed by atoms with Gasteiger partial charge in [-0.1, -0.05) is 36.0 Å². The minimum Gasteiger partial charge on any atom is -0.379 e. The number of nitrogens with zero attached hydrogens (tertiary/aromatic N) is 2. The number of hydrogen-bond acceptors (Lipinski definition) is 5. The lowest BCUT2D eigenvalue weighted by Gasteiger charge is -2.26. The second-order valence-electron chi connectivity index (χ2n) is 8.49. The number of ether oxygens (including phenoxy) is 1. The maximum atomic E-state index is 13.2. The summed E-state index contributed by atoms with van der Waals surface area (Å²) in [5, 5.41) is 5.79. The van der Waals surface area contributed by atoms with Gasteiger partial charge in [0.25, 0.3) is 5.91 Å². The molecule has 0 aromatic heterocycles. The molecule has 0 unspecified atom stereocenters. The van der Waals surface area contributed by atoms with E-state index in [2.05, 4.69) is 15.5 Å². The van der Waals surface area contributed by atoms with E-state index in [-0.39, 0.29) is 11.9 Å². The van der Waals surface area contributed by atoms with Gasteiger partial charge in [-0.3, -0.25) is 9.69 Å². The second kappa shape index (κ2) is 10.5. The van der Waals surface area contributed by atoms with Gasteiger partial charge in [-0.15, -0.1) is 0 Å². The molecule has 0 atom stereocenters. The zero-order valence-corrected chi connectivity index (χ0v) is 20.4. The predicted molar refractivity (Wildman–Crippen MR) is 140 cm³/mol. The topological polar surface area (TPSA) is 73.9 Å². The standard InChI is InChI=1S/C27H28N4O3S/c1-2-31-23-17-21(11-12-25(23)35-24-6-4-3-5-22(24)26(31)32)29-27(33)28-20-9-7-19(8-10-20)18-30-13-15-34-16-14-30/h3-12,17H,2,13-16,18H2,1H3,(H2,28,29,33). The van der Waals surface area contributed by atoms with Gasteiger partial charge in [0, 0.05) is 47.3 Å². The number of nitrogens with one attached hydrogen (secondary N) is 2. The number of carbonyl (C=O) groups is 2. The van der Waals surface area contributed by atoms with Gasteiger partial charge in [0.1, 0.15) is 0 Å². The summed E-state index contributed by atoms with van der Waals surface area (Å²) in [7, 11) is 0. The largest absolute Gasteiger partial charge is 0.379 e.